The maximum atomic E-state index is 13.2. The molecule has 1 saturated carbocycles. The fourth-order valence-corrected chi connectivity index (χ4v) is 6.11. The highest BCUT2D eigenvalue weighted by Crippen LogP contribution is 2.56. The van der Waals surface area contributed by atoms with Gasteiger partial charge in [-0.3, -0.25) is 9.59 Å². The molecule has 4 aromatic rings. The van der Waals surface area contributed by atoms with Gasteiger partial charge in [0.2, 0.25) is 0 Å². The quantitative estimate of drug-likeness (QED) is 0.267. The number of nitrogens with one attached hydrogen (secondary N) is 1. The van der Waals surface area contributed by atoms with E-state index >= 15 is 0 Å². The van der Waals surface area contributed by atoms with E-state index in [2.05, 4.69) is 86.1 Å². The van der Waals surface area contributed by atoms with Crippen molar-refractivity contribution in [3.63, 3.8) is 0 Å². The zero-order valence-electron chi connectivity index (χ0n) is 23.3. The van der Waals surface area contributed by atoms with Crippen LogP contribution in [0.25, 0.3) is 10.9 Å². The molecule has 1 fully saturated rings. The molecular weight excluding hydrogens is 484 g/mol. The minimum absolute atomic E-state index is 0.0703. The van der Waals surface area contributed by atoms with Crippen molar-refractivity contribution in [2.45, 2.75) is 71.6 Å². The zero-order chi connectivity index (χ0) is 27.4. The van der Waals surface area contributed by atoms with E-state index in [0.717, 1.165) is 40.5 Å². The van der Waals surface area contributed by atoms with Crippen LogP contribution < -0.4 is 10.1 Å². The molecule has 1 aromatic heterocycles. The molecule has 1 N–H and O–H groups in total. The van der Waals surface area contributed by atoms with E-state index < -0.39 is 0 Å². The molecule has 0 bridgehead atoms. The van der Waals surface area contributed by atoms with Crippen LogP contribution in [-0.4, -0.2) is 22.9 Å². The lowest BCUT2D eigenvalue weighted by Gasteiger charge is -2.22. The van der Waals surface area contributed by atoms with E-state index in [-0.39, 0.29) is 18.1 Å². The maximum Gasteiger partial charge on any atom is 0.251 e. The molecule has 3 unspecified atom stereocenters. The molecule has 1 aliphatic carbocycles. The number of amides is 1. The summed E-state index contributed by atoms with van der Waals surface area (Å²) in [5, 5.41) is 4.27. The van der Waals surface area contributed by atoms with Crippen molar-refractivity contribution in [2.75, 3.05) is 0 Å². The summed E-state index contributed by atoms with van der Waals surface area (Å²) in [6, 6.07) is 20.8. The molecule has 2 heterocycles. The normalized spacial score (nSPS) is 20.2. The van der Waals surface area contributed by atoms with Crippen LogP contribution in [0.1, 0.15) is 88.9 Å². The van der Waals surface area contributed by atoms with Crippen molar-refractivity contribution in [1.82, 2.24) is 9.88 Å². The van der Waals surface area contributed by atoms with E-state index in [0.29, 0.717) is 29.9 Å². The second-order valence-electron chi connectivity index (χ2n) is 11.6. The lowest BCUT2D eigenvalue weighted by molar-refractivity contribution is -0.114. The average molecular weight is 521 g/mol. The lowest BCUT2D eigenvalue weighted by Crippen LogP contribution is -2.26. The van der Waals surface area contributed by atoms with E-state index in [9.17, 15) is 9.59 Å². The van der Waals surface area contributed by atoms with Crippen LogP contribution in [0.3, 0.4) is 0 Å². The summed E-state index contributed by atoms with van der Waals surface area (Å²) in [6.07, 6.45) is 1.67. The Kier molecular flexibility index (Phi) is 6.33. The van der Waals surface area contributed by atoms with Crippen molar-refractivity contribution in [3.05, 3.63) is 99.7 Å². The summed E-state index contributed by atoms with van der Waals surface area (Å²) < 4.78 is 8.34. The fraction of sp³-hybridized carbons (Fsp3) is 0.353. The SMILES string of the molecule is Cc1c(C)n(Cc2ccc3c(c2)OC(C=O)[C@@H]2CC32)c2ccc(C(=O)NC(C)c3cccc(C(C)C)c3)cc12. The summed E-state index contributed by atoms with van der Waals surface area (Å²) >= 11 is 0. The van der Waals surface area contributed by atoms with Crippen molar-refractivity contribution >= 4 is 23.1 Å². The number of hydrogen-bond acceptors (Lipinski definition) is 3. The summed E-state index contributed by atoms with van der Waals surface area (Å²) in [5.41, 5.74) is 8.86. The Morgan fingerprint density at radius 2 is 1.85 bits per heavy atom. The van der Waals surface area contributed by atoms with Crippen molar-refractivity contribution in [3.8, 4) is 5.75 Å². The zero-order valence-corrected chi connectivity index (χ0v) is 23.3. The molecule has 5 heteroatoms. The molecule has 2 aliphatic rings. The van der Waals surface area contributed by atoms with Gasteiger partial charge in [-0.15, -0.1) is 0 Å². The summed E-state index contributed by atoms with van der Waals surface area (Å²) in [7, 11) is 0. The number of carbonyl (C=O) groups is 2. The number of aldehydes is 1. The number of aryl methyl sites for hydroxylation is 1. The highest BCUT2D eigenvalue weighted by Gasteiger charge is 2.49. The first-order valence-electron chi connectivity index (χ1n) is 14.0. The molecule has 0 saturated heterocycles. The lowest BCUT2D eigenvalue weighted by atomic mass is 9.98. The van der Waals surface area contributed by atoms with Gasteiger partial charge in [0.15, 0.2) is 12.4 Å². The van der Waals surface area contributed by atoms with Gasteiger partial charge < -0.3 is 14.6 Å². The third-order valence-electron chi connectivity index (χ3n) is 8.80. The van der Waals surface area contributed by atoms with Crippen molar-refractivity contribution in [2.24, 2.45) is 5.92 Å². The molecule has 6 rings (SSSR count). The van der Waals surface area contributed by atoms with Gasteiger partial charge in [0.1, 0.15) is 5.75 Å². The molecule has 1 aliphatic heterocycles. The molecule has 1 amide bonds. The number of benzene rings is 3. The Hall–Kier alpha value is -3.86. The molecule has 3 aromatic carbocycles. The Morgan fingerprint density at radius 3 is 2.62 bits per heavy atom. The van der Waals surface area contributed by atoms with Gasteiger partial charge in [0.25, 0.3) is 5.91 Å². The highest BCUT2D eigenvalue weighted by atomic mass is 16.5. The Morgan fingerprint density at radius 1 is 1.05 bits per heavy atom. The molecule has 4 atom stereocenters. The van der Waals surface area contributed by atoms with Crippen LogP contribution in [0.5, 0.6) is 5.75 Å². The summed E-state index contributed by atoms with van der Waals surface area (Å²) in [5.74, 6) is 2.03. The van der Waals surface area contributed by atoms with Gasteiger partial charge >= 0.3 is 0 Å². The Bertz CT molecular complexity index is 1600. The molecule has 0 radical (unpaired) electrons. The summed E-state index contributed by atoms with van der Waals surface area (Å²) in [6.45, 7) is 11.3. The smallest absolute Gasteiger partial charge is 0.251 e. The van der Waals surface area contributed by atoms with Gasteiger partial charge in [-0.2, -0.15) is 0 Å². The van der Waals surface area contributed by atoms with Gasteiger partial charge in [-0.25, -0.2) is 0 Å². The van der Waals surface area contributed by atoms with Gasteiger partial charge in [-0.05, 0) is 91.1 Å². The molecule has 5 nitrogen and oxygen atoms in total. The van der Waals surface area contributed by atoms with E-state index in [4.69, 9.17) is 4.74 Å². The van der Waals surface area contributed by atoms with Gasteiger partial charge in [0.05, 0.1) is 6.04 Å². The number of nitrogens with zero attached hydrogens (tertiary/aromatic N) is 1. The number of hydrogen-bond donors (Lipinski definition) is 1. The van der Waals surface area contributed by atoms with Crippen molar-refractivity contribution in [1.29, 1.82) is 0 Å². The molecule has 39 heavy (non-hydrogen) atoms. The van der Waals surface area contributed by atoms with Crippen LogP contribution in [-0.2, 0) is 11.3 Å². The van der Waals surface area contributed by atoms with Gasteiger partial charge in [-0.1, -0.05) is 50.2 Å². The van der Waals surface area contributed by atoms with E-state index in [1.54, 1.807) is 0 Å². The van der Waals surface area contributed by atoms with Crippen molar-refractivity contribution < 1.29 is 14.3 Å². The third-order valence-corrected chi connectivity index (χ3v) is 8.80. The first-order valence-corrected chi connectivity index (χ1v) is 14.0. The topological polar surface area (TPSA) is 60.3 Å². The predicted molar refractivity (Wildman–Crippen MR) is 155 cm³/mol. The molecular formula is C34H36N2O3. The number of fused-ring (bicyclic) bond motifs is 4. The molecule has 0 spiro atoms. The molecule has 200 valence electrons. The standard InChI is InChI=1S/C34H36N2O3/c1-19(2)24-7-6-8-25(14-24)21(4)35-34(38)26-10-12-31-28(15-26)20(3)22(5)36(31)17-23-9-11-27-29-16-30(29)33(18-37)39-32(27)13-23/h6-15,18-19,21,29-30,33H,16-17H2,1-5H3,(H,35,38)/t21?,29?,30-,33?/m1/s1. The van der Waals surface area contributed by atoms with Crippen LogP contribution in [0.4, 0.5) is 0 Å². The van der Waals surface area contributed by atoms with E-state index in [1.807, 2.05) is 19.1 Å². The monoisotopic (exact) mass is 520 g/mol. The number of rotatable bonds is 7. The first-order chi connectivity index (χ1) is 18.7. The summed E-state index contributed by atoms with van der Waals surface area (Å²) in [4.78, 5) is 24.7. The largest absolute Gasteiger partial charge is 0.482 e. The Labute approximate surface area is 230 Å². The average Bonchev–Trinajstić information content (AvgIpc) is 3.71. The second kappa shape index (κ2) is 9.71. The van der Waals surface area contributed by atoms with Crippen LogP contribution in [0.15, 0.2) is 60.7 Å². The number of aromatic nitrogens is 1. The number of carbonyl (C=O) groups excluding carboxylic acids is 2. The van der Waals surface area contributed by atoms with Gasteiger partial charge in [0, 0.05) is 34.6 Å². The first kappa shape index (κ1) is 25.4. The second-order valence-corrected chi connectivity index (χ2v) is 11.6. The van der Waals surface area contributed by atoms with Crippen LogP contribution >= 0.6 is 0 Å². The third kappa shape index (κ3) is 4.54. The number of ether oxygens (including phenoxy) is 1. The Balaban J connectivity index is 1.24. The minimum Gasteiger partial charge on any atom is -0.482 e. The predicted octanol–water partition coefficient (Wildman–Crippen LogP) is 6.98. The minimum atomic E-state index is -0.319. The maximum absolute atomic E-state index is 13.2. The van der Waals surface area contributed by atoms with Crippen LogP contribution in [0, 0.1) is 19.8 Å². The fourth-order valence-electron chi connectivity index (χ4n) is 6.11. The highest BCUT2D eigenvalue weighted by molar-refractivity contribution is 5.99. The van der Waals surface area contributed by atoms with E-state index in [1.165, 1.54) is 22.4 Å². The van der Waals surface area contributed by atoms with Crippen LogP contribution in [0.2, 0.25) is 0 Å².